The highest BCUT2D eigenvalue weighted by Crippen LogP contribution is 2.33. The number of anilines is 1. The van der Waals surface area contributed by atoms with Crippen LogP contribution in [0.1, 0.15) is 16.7 Å². The molecule has 1 N–H and O–H groups in total. The molecule has 1 heterocycles. The van der Waals surface area contributed by atoms with Gasteiger partial charge < -0.3 is 14.8 Å². The van der Waals surface area contributed by atoms with Gasteiger partial charge in [0.1, 0.15) is 18.0 Å². The highest BCUT2D eigenvalue weighted by molar-refractivity contribution is 8.18. The van der Waals surface area contributed by atoms with Gasteiger partial charge in [0.05, 0.1) is 19.1 Å². The van der Waals surface area contributed by atoms with E-state index in [1.807, 2.05) is 26.0 Å². The summed E-state index contributed by atoms with van der Waals surface area (Å²) in [6.07, 6.45) is 1.58. The van der Waals surface area contributed by atoms with Gasteiger partial charge in [0.15, 0.2) is 0 Å². The van der Waals surface area contributed by atoms with E-state index in [4.69, 9.17) is 9.47 Å². The van der Waals surface area contributed by atoms with Crippen molar-refractivity contribution in [3.05, 3.63) is 58.0 Å². The molecule has 1 fully saturated rings. The quantitative estimate of drug-likeness (QED) is 0.703. The lowest BCUT2D eigenvalue weighted by molar-refractivity contribution is -0.127. The second-order valence-corrected chi connectivity index (χ2v) is 7.77. The minimum absolute atomic E-state index is 0.231. The normalized spacial score (nSPS) is 14.9. The summed E-state index contributed by atoms with van der Waals surface area (Å²) in [5.41, 5.74) is 3.29. The van der Waals surface area contributed by atoms with E-state index >= 15 is 0 Å². The predicted molar refractivity (Wildman–Crippen MR) is 117 cm³/mol. The van der Waals surface area contributed by atoms with E-state index in [2.05, 4.69) is 5.32 Å². The molecular formula is C22H22N2O5S. The Balaban J connectivity index is 1.74. The number of thioether (sulfide) groups is 1. The molecular weight excluding hydrogens is 404 g/mol. The standard InChI is InChI=1S/C22H22N2O5S/c1-13-5-6-18(14(2)7-13)23-20(25)12-24-21(26)19(30-22(24)27)10-15-8-16(28-3)11-17(9-15)29-4/h5-11H,12H2,1-4H3,(H,23,25)/b19-10+. The van der Waals surface area contributed by atoms with Crippen molar-refractivity contribution in [3.8, 4) is 11.5 Å². The summed E-state index contributed by atoms with van der Waals surface area (Å²) < 4.78 is 10.5. The molecule has 0 spiro atoms. The zero-order chi connectivity index (χ0) is 21.8. The molecule has 3 amide bonds. The number of hydrogen-bond donors (Lipinski definition) is 1. The van der Waals surface area contributed by atoms with Gasteiger partial charge in [0, 0.05) is 11.8 Å². The minimum atomic E-state index is -0.512. The third-order valence-corrected chi connectivity index (χ3v) is 5.41. The number of carbonyl (C=O) groups is 3. The van der Waals surface area contributed by atoms with Crippen molar-refractivity contribution in [2.45, 2.75) is 13.8 Å². The van der Waals surface area contributed by atoms with E-state index in [9.17, 15) is 14.4 Å². The maximum absolute atomic E-state index is 12.7. The number of hydrogen-bond acceptors (Lipinski definition) is 6. The number of methoxy groups -OCH3 is 2. The van der Waals surface area contributed by atoms with Gasteiger partial charge in [0.25, 0.3) is 11.1 Å². The van der Waals surface area contributed by atoms with Crippen molar-refractivity contribution in [3.63, 3.8) is 0 Å². The van der Waals surface area contributed by atoms with Gasteiger partial charge in [-0.25, -0.2) is 0 Å². The zero-order valence-corrected chi connectivity index (χ0v) is 18.0. The predicted octanol–water partition coefficient (Wildman–Crippen LogP) is 4.00. The van der Waals surface area contributed by atoms with E-state index < -0.39 is 17.1 Å². The van der Waals surface area contributed by atoms with Gasteiger partial charge in [-0.2, -0.15) is 0 Å². The Morgan fingerprint density at radius 1 is 1.07 bits per heavy atom. The number of carbonyl (C=O) groups excluding carboxylic acids is 3. The molecule has 1 saturated heterocycles. The van der Waals surface area contributed by atoms with Crippen LogP contribution in [0.2, 0.25) is 0 Å². The number of amides is 3. The fourth-order valence-corrected chi connectivity index (χ4v) is 3.83. The van der Waals surface area contributed by atoms with E-state index in [-0.39, 0.29) is 11.4 Å². The molecule has 0 bridgehead atoms. The van der Waals surface area contributed by atoms with Crippen LogP contribution in [0, 0.1) is 13.8 Å². The molecule has 3 rings (SSSR count). The van der Waals surface area contributed by atoms with Crippen LogP contribution in [0.5, 0.6) is 11.5 Å². The summed E-state index contributed by atoms with van der Waals surface area (Å²) in [6, 6.07) is 10.8. The molecule has 156 valence electrons. The second kappa shape index (κ2) is 9.04. The van der Waals surface area contributed by atoms with Crippen molar-refractivity contribution >= 4 is 40.6 Å². The van der Waals surface area contributed by atoms with E-state index in [1.54, 1.807) is 30.3 Å². The van der Waals surface area contributed by atoms with Crippen molar-refractivity contribution in [1.82, 2.24) is 4.90 Å². The first-order valence-electron chi connectivity index (χ1n) is 9.16. The zero-order valence-electron chi connectivity index (χ0n) is 17.1. The first kappa shape index (κ1) is 21.4. The highest BCUT2D eigenvalue weighted by Gasteiger charge is 2.36. The van der Waals surface area contributed by atoms with Crippen LogP contribution in [0.25, 0.3) is 6.08 Å². The second-order valence-electron chi connectivity index (χ2n) is 6.78. The molecule has 0 radical (unpaired) electrons. The average Bonchev–Trinajstić information content (AvgIpc) is 2.97. The maximum Gasteiger partial charge on any atom is 0.294 e. The van der Waals surface area contributed by atoms with Crippen molar-refractivity contribution in [2.75, 3.05) is 26.1 Å². The monoisotopic (exact) mass is 426 g/mol. The van der Waals surface area contributed by atoms with Crippen molar-refractivity contribution in [2.24, 2.45) is 0 Å². The van der Waals surface area contributed by atoms with Gasteiger partial charge >= 0.3 is 0 Å². The van der Waals surface area contributed by atoms with Crippen LogP contribution in [0.3, 0.4) is 0 Å². The molecule has 2 aromatic rings. The summed E-state index contributed by atoms with van der Waals surface area (Å²) in [5.74, 6) is 0.177. The summed E-state index contributed by atoms with van der Waals surface area (Å²) in [4.78, 5) is 38.6. The van der Waals surface area contributed by atoms with Crippen LogP contribution in [-0.4, -0.2) is 42.7 Å². The molecule has 0 aliphatic carbocycles. The largest absolute Gasteiger partial charge is 0.497 e. The van der Waals surface area contributed by atoms with E-state index in [0.29, 0.717) is 22.7 Å². The van der Waals surface area contributed by atoms with Gasteiger partial charge in [-0.3, -0.25) is 19.3 Å². The number of nitrogens with zero attached hydrogens (tertiary/aromatic N) is 1. The van der Waals surface area contributed by atoms with Gasteiger partial charge in [-0.1, -0.05) is 17.7 Å². The fourth-order valence-electron chi connectivity index (χ4n) is 2.99. The molecule has 7 nitrogen and oxygen atoms in total. The van der Waals surface area contributed by atoms with Crippen LogP contribution in [-0.2, 0) is 9.59 Å². The van der Waals surface area contributed by atoms with Crippen LogP contribution < -0.4 is 14.8 Å². The van der Waals surface area contributed by atoms with Crippen molar-refractivity contribution in [1.29, 1.82) is 0 Å². The summed E-state index contributed by atoms with van der Waals surface area (Å²) in [6.45, 7) is 3.49. The number of nitrogens with one attached hydrogen (secondary N) is 1. The van der Waals surface area contributed by atoms with Gasteiger partial charge in [-0.15, -0.1) is 0 Å². The first-order chi connectivity index (χ1) is 14.3. The number of benzene rings is 2. The Labute approximate surface area is 179 Å². The Hall–Kier alpha value is -3.26. The Bertz CT molecular complexity index is 1030. The molecule has 0 aromatic heterocycles. The van der Waals surface area contributed by atoms with Crippen molar-refractivity contribution < 1.29 is 23.9 Å². The molecule has 30 heavy (non-hydrogen) atoms. The lowest BCUT2D eigenvalue weighted by atomic mass is 10.1. The molecule has 0 atom stereocenters. The van der Waals surface area contributed by atoms with E-state index in [1.165, 1.54) is 14.2 Å². The lowest BCUT2D eigenvalue weighted by Crippen LogP contribution is -2.36. The first-order valence-corrected chi connectivity index (χ1v) is 9.98. The van der Waals surface area contributed by atoms with E-state index in [0.717, 1.165) is 27.8 Å². The smallest absolute Gasteiger partial charge is 0.294 e. The number of rotatable bonds is 6. The highest BCUT2D eigenvalue weighted by atomic mass is 32.2. The van der Waals surface area contributed by atoms with Gasteiger partial charge in [0.2, 0.25) is 5.91 Å². The number of imide groups is 1. The Kier molecular flexibility index (Phi) is 6.47. The molecule has 1 aliphatic rings. The van der Waals surface area contributed by atoms with Crippen LogP contribution in [0.15, 0.2) is 41.3 Å². The number of ether oxygens (including phenoxy) is 2. The topological polar surface area (TPSA) is 84.9 Å². The summed E-state index contributed by atoms with van der Waals surface area (Å²) in [5, 5.41) is 2.26. The molecule has 0 saturated carbocycles. The Morgan fingerprint density at radius 2 is 1.73 bits per heavy atom. The third-order valence-electron chi connectivity index (χ3n) is 4.50. The maximum atomic E-state index is 12.7. The molecule has 2 aromatic carbocycles. The van der Waals surface area contributed by atoms with Crippen LogP contribution >= 0.6 is 11.8 Å². The molecule has 8 heteroatoms. The lowest BCUT2D eigenvalue weighted by Gasteiger charge is -2.14. The van der Waals surface area contributed by atoms with Crippen LogP contribution in [0.4, 0.5) is 10.5 Å². The van der Waals surface area contributed by atoms with Gasteiger partial charge in [-0.05, 0) is 61.0 Å². The fraction of sp³-hybridized carbons (Fsp3) is 0.227. The molecule has 1 aliphatic heterocycles. The summed E-state index contributed by atoms with van der Waals surface area (Å²) >= 11 is 0.794. The number of aryl methyl sites for hydroxylation is 2. The SMILES string of the molecule is COc1cc(/C=C2/SC(=O)N(CC(=O)Nc3ccc(C)cc3C)C2=O)cc(OC)c1. The third kappa shape index (κ3) is 4.83. The Morgan fingerprint density at radius 3 is 2.33 bits per heavy atom. The summed E-state index contributed by atoms with van der Waals surface area (Å²) in [7, 11) is 3.06. The molecule has 0 unspecified atom stereocenters. The average molecular weight is 426 g/mol. The minimum Gasteiger partial charge on any atom is -0.497 e.